The minimum absolute atomic E-state index is 0.0311. The van der Waals surface area contributed by atoms with E-state index in [0.717, 1.165) is 0 Å². The molecule has 104 valence electrons. The fraction of sp³-hybridized carbons (Fsp3) is 0. The van der Waals surface area contributed by atoms with Gasteiger partial charge in [-0.15, -0.1) is 0 Å². The number of phenolic OH excluding ortho intramolecular Hbond substituents is 3. The molecule has 21 heavy (non-hydrogen) atoms. The first-order chi connectivity index (χ1) is 10.0. The fourth-order valence-electron chi connectivity index (χ4n) is 2.45. The van der Waals surface area contributed by atoms with Gasteiger partial charge in [0.2, 0.25) is 0 Å². The monoisotopic (exact) mass is 284 g/mol. The van der Waals surface area contributed by atoms with E-state index in [1.54, 1.807) is 6.07 Å². The second-order valence-electron chi connectivity index (χ2n) is 4.71. The molecule has 6 heteroatoms. The van der Waals surface area contributed by atoms with Gasteiger partial charge in [0.25, 0.3) is 0 Å². The lowest BCUT2D eigenvalue weighted by molar-refractivity contribution is 0.404. The molecule has 4 rings (SSSR count). The van der Waals surface area contributed by atoms with Gasteiger partial charge in [0.15, 0.2) is 17.1 Å². The number of hydrogen-bond donors (Lipinski definition) is 3. The highest BCUT2D eigenvalue weighted by Crippen LogP contribution is 2.37. The molecule has 0 saturated heterocycles. The van der Waals surface area contributed by atoms with E-state index in [4.69, 9.17) is 8.83 Å². The third-order valence-electron chi connectivity index (χ3n) is 3.40. The van der Waals surface area contributed by atoms with Crippen molar-refractivity contribution in [1.82, 2.24) is 0 Å². The van der Waals surface area contributed by atoms with Gasteiger partial charge in [-0.1, -0.05) is 0 Å². The van der Waals surface area contributed by atoms with E-state index in [1.807, 2.05) is 0 Å². The van der Waals surface area contributed by atoms with Crippen LogP contribution in [0.4, 0.5) is 0 Å². The van der Waals surface area contributed by atoms with E-state index < -0.39 is 5.63 Å². The van der Waals surface area contributed by atoms with Crippen LogP contribution in [-0.2, 0) is 0 Å². The zero-order valence-corrected chi connectivity index (χ0v) is 10.5. The maximum Gasteiger partial charge on any atom is 0.348 e. The summed E-state index contributed by atoms with van der Waals surface area (Å²) in [6.45, 7) is 0. The first-order valence-corrected chi connectivity index (χ1v) is 6.08. The third-order valence-corrected chi connectivity index (χ3v) is 3.40. The van der Waals surface area contributed by atoms with Gasteiger partial charge in [-0.25, -0.2) is 4.79 Å². The third kappa shape index (κ3) is 1.50. The summed E-state index contributed by atoms with van der Waals surface area (Å²) in [5, 5.41) is 29.6. The molecule has 0 fully saturated rings. The zero-order chi connectivity index (χ0) is 14.7. The van der Waals surface area contributed by atoms with Gasteiger partial charge < -0.3 is 24.2 Å². The zero-order valence-electron chi connectivity index (χ0n) is 10.5. The molecule has 0 amide bonds. The van der Waals surface area contributed by atoms with Crippen molar-refractivity contribution >= 4 is 32.9 Å². The second-order valence-corrected chi connectivity index (χ2v) is 4.71. The largest absolute Gasteiger partial charge is 0.508 e. The molecular formula is C15H8O6. The summed E-state index contributed by atoms with van der Waals surface area (Å²) in [7, 11) is 0. The van der Waals surface area contributed by atoms with Crippen molar-refractivity contribution in [2.24, 2.45) is 0 Å². The first kappa shape index (κ1) is 11.7. The maximum absolute atomic E-state index is 12.1. The van der Waals surface area contributed by atoms with E-state index >= 15 is 0 Å². The fourth-order valence-corrected chi connectivity index (χ4v) is 2.45. The van der Waals surface area contributed by atoms with E-state index in [0.29, 0.717) is 10.8 Å². The van der Waals surface area contributed by atoms with Crippen molar-refractivity contribution in [1.29, 1.82) is 0 Å². The average Bonchev–Trinajstić information content (AvgIpc) is 2.78. The molecule has 0 bridgehead atoms. The molecule has 3 N–H and O–H groups in total. The summed E-state index contributed by atoms with van der Waals surface area (Å²) in [6.07, 6.45) is 0. The van der Waals surface area contributed by atoms with Crippen LogP contribution in [0.3, 0.4) is 0 Å². The molecule has 0 saturated carbocycles. The standard InChI is InChI=1S/C15H8O6/c16-6-1-2-7-11(3-6)21-15(19)13-8-4-9(17)10(18)5-12(8)20-14(7)13/h1-5,16-18H. The number of phenols is 3. The molecule has 0 radical (unpaired) electrons. The highest BCUT2D eigenvalue weighted by atomic mass is 16.4. The minimum Gasteiger partial charge on any atom is -0.508 e. The Balaban J connectivity index is 2.31. The summed E-state index contributed by atoms with van der Waals surface area (Å²) >= 11 is 0. The predicted octanol–water partition coefficient (Wildman–Crippen LogP) is 2.81. The number of fused-ring (bicyclic) bond motifs is 5. The Hall–Kier alpha value is -3.15. The molecular weight excluding hydrogens is 276 g/mol. The lowest BCUT2D eigenvalue weighted by Crippen LogP contribution is -1.97. The van der Waals surface area contributed by atoms with Crippen molar-refractivity contribution in [3.05, 3.63) is 40.8 Å². The normalized spacial score (nSPS) is 11.6. The van der Waals surface area contributed by atoms with Gasteiger partial charge >= 0.3 is 5.63 Å². The van der Waals surface area contributed by atoms with Gasteiger partial charge in [0, 0.05) is 17.5 Å². The molecule has 2 aromatic heterocycles. The SMILES string of the molecule is O=c1oc2cc(O)ccc2c2oc3cc(O)c(O)cc3c12. The van der Waals surface area contributed by atoms with Gasteiger partial charge in [0.1, 0.15) is 22.3 Å². The summed E-state index contributed by atoms with van der Waals surface area (Å²) < 4.78 is 10.8. The second kappa shape index (κ2) is 3.69. The summed E-state index contributed by atoms with van der Waals surface area (Å²) in [5.74, 6) is -0.723. The van der Waals surface area contributed by atoms with E-state index in [-0.39, 0.29) is 39.4 Å². The molecule has 0 unspecified atom stereocenters. The molecule has 2 heterocycles. The molecule has 2 aromatic carbocycles. The minimum atomic E-state index is -0.646. The van der Waals surface area contributed by atoms with Crippen LogP contribution in [0.5, 0.6) is 17.2 Å². The van der Waals surface area contributed by atoms with E-state index in [9.17, 15) is 20.1 Å². The number of benzene rings is 2. The number of aromatic hydroxyl groups is 3. The summed E-state index contributed by atoms with van der Waals surface area (Å²) in [6, 6.07) is 6.82. The van der Waals surface area contributed by atoms with E-state index in [1.165, 1.54) is 24.3 Å². The quantitative estimate of drug-likeness (QED) is 0.339. The number of hydrogen-bond acceptors (Lipinski definition) is 6. The van der Waals surface area contributed by atoms with Crippen LogP contribution in [0.15, 0.2) is 44.0 Å². The van der Waals surface area contributed by atoms with Crippen LogP contribution in [0.25, 0.3) is 32.9 Å². The molecule has 0 aliphatic heterocycles. The predicted molar refractivity (Wildman–Crippen MR) is 74.8 cm³/mol. The Labute approximate surface area is 116 Å². The lowest BCUT2D eigenvalue weighted by atomic mass is 10.1. The molecule has 0 spiro atoms. The van der Waals surface area contributed by atoms with Crippen LogP contribution in [0.2, 0.25) is 0 Å². The molecule has 0 aliphatic carbocycles. The van der Waals surface area contributed by atoms with Crippen LogP contribution >= 0.6 is 0 Å². The van der Waals surface area contributed by atoms with Crippen molar-refractivity contribution in [2.75, 3.05) is 0 Å². The van der Waals surface area contributed by atoms with Crippen molar-refractivity contribution < 1.29 is 24.2 Å². The summed E-state index contributed by atoms with van der Waals surface area (Å²) in [4.78, 5) is 12.1. The molecule has 0 atom stereocenters. The Morgan fingerprint density at radius 2 is 1.52 bits per heavy atom. The topological polar surface area (TPSA) is 104 Å². The highest BCUT2D eigenvalue weighted by Gasteiger charge is 2.18. The summed E-state index contributed by atoms with van der Waals surface area (Å²) in [5.41, 5.74) is 0.0846. The van der Waals surface area contributed by atoms with Crippen LogP contribution in [0, 0.1) is 0 Å². The van der Waals surface area contributed by atoms with Gasteiger partial charge in [-0.05, 0) is 18.2 Å². The Bertz CT molecular complexity index is 1090. The van der Waals surface area contributed by atoms with Crippen LogP contribution < -0.4 is 5.63 Å². The van der Waals surface area contributed by atoms with Gasteiger partial charge in [0.05, 0.1) is 5.39 Å². The van der Waals surface area contributed by atoms with Crippen molar-refractivity contribution in [3.63, 3.8) is 0 Å². The number of rotatable bonds is 0. The average molecular weight is 284 g/mol. The van der Waals surface area contributed by atoms with Gasteiger partial charge in [-0.3, -0.25) is 0 Å². The molecule has 6 nitrogen and oxygen atoms in total. The van der Waals surface area contributed by atoms with Crippen molar-refractivity contribution in [2.45, 2.75) is 0 Å². The Morgan fingerprint density at radius 3 is 2.33 bits per heavy atom. The Kier molecular flexibility index (Phi) is 2.05. The van der Waals surface area contributed by atoms with E-state index in [2.05, 4.69) is 0 Å². The molecule has 4 aromatic rings. The molecule has 0 aliphatic rings. The van der Waals surface area contributed by atoms with Crippen LogP contribution in [0.1, 0.15) is 0 Å². The van der Waals surface area contributed by atoms with Gasteiger partial charge in [-0.2, -0.15) is 0 Å². The number of furan rings is 1. The smallest absolute Gasteiger partial charge is 0.348 e. The van der Waals surface area contributed by atoms with Crippen molar-refractivity contribution in [3.8, 4) is 17.2 Å². The Morgan fingerprint density at radius 1 is 0.810 bits per heavy atom. The highest BCUT2D eigenvalue weighted by molar-refractivity contribution is 6.13. The lowest BCUT2D eigenvalue weighted by Gasteiger charge is -1.98. The van der Waals surface area contributed by atoms with Crippen LogP contribution in [-0.4, -0.2) is 15.3 Å². The maximum atomic E-state index is 12.1. The first-order valence-electron chi connectivity index (χ1n) is 6.08.